The maximum atomic E-state index is 4.52. The molecule has 4 atom stereocenters. The smallest absolute Gasteiger partial charge is 0.0597 e. The molecule has 2 aliphatic carbocycles. The van der Waals surface area contributed by atoms with E-state index in [-0.39, 0.29) is 0 Å². The van der Waals surface area contributed by atoms with Crippen molar-refractivity contribution < 1.29 is 0 Å². The van der Waals surface area contributed by atoms with Gasteiger partial charge in [0.15, 0.2) is 0 Å². The van der Waals surface area contributed by atoms with Crippen molar-refractivity contribution >= 4 is 0 Å². The number of hydrogen-bond donors (Lipinski definition) is 1. The van der Waals surface area contributed by atoms with Crippen LogP contribution in [0.4, 0.5) is 0 Å². The first-order chi connectivity index (χ1) is 9.17. The molecule has 3 nitrogen and oxygen atoms in total. The van der Waals surface area contributed by atoms with Crippen LogP contribution in [-0.4, -0.2) is 15.8 Å². The molecule has 1 heterocycles. The zero-order chi connectivity index (χ0) is 13.4. The molecule has 0 saturated heterocycles. The predicted octanol–water partition coefficient (Wildman–Crippen LogP) is 3.13. The van der Waals surface area contributed by atoms with Crippen LogP contribution >= 0.6 is 0 Å². The lowest BCUT2D eigenvalue weighted by Crippen LogP contribution is -2.36. The largest absolute Gasteiger partial charge is 0.308 e. The van der Waals surface area contributed by atoms with E-state index in [2.05, 4.69) is 41.9 Å². The van der Waals surface area contributed by atoms with E-state index in [0.29, 0.717) is 6.04 Å². The number of nitrogens with zero attached hydrogens (tertiary/aromatic N) is 2. The third kappa shape index (κ3) is 2.58. The summed E-state index contributed by atoms with van der Waals surface area (Å²) < 4.78 is 2.12. The van der Waals surface area contributed by atoms with Crippen molar-refractivity contribution in [3.63, 3.8) is 0 Å². The number of aryl methyl sites for hydroxylation is 2. The predicted molar refractivity (Wildman–Crippen MR) is 77.9 cm³/mol. The minimum absolute atomic E-state index is 0.649. The molecule has 0 aliphatic heterocycles. The molecule has 0 spiro atoms. The summed E-state index contributed by atoms with van der Waals surface area (Å²) in [5, 5.41) is 8.27. The standard InChI is InChI=1S/C16H27N3/c1-4-19-15(7-11(2)18-19)10-17-12(3)16-9-13-5-6-14(16)8-13/h7,12-14,16-17H,4-6,8-10H2,1-3H3. The third-order valence-electron chi connectivity index (χ3n) is 5.33. The SMILES string of the molecule is CCn1nc(C)cc1CNC(C)C1CC2CCC1C2. The van der Waals surface area contributed by atoms with Gasteiger partial charge in [0.25, 0.3) is 0 Å². The van der Waals surface area contributed by atoms with Gasteiger partial charge in [-0.1, -0.05) is 6.42 Å². The van der Waals surface area contributed by atoms with Crippen molar-refractivity contribution in [1.82, 2.24) is 15.1 Å². The van der Waals surface area contributed by atoms with Crippen LogP contribution in [0.15, 0.2) is 6.07 Å². The summed E-state index contributed by atoms with van der Waals surface area (Å²) in [5.74, 6) is 2.96. The van der Waals surface area contributed by atoms with E-state index in [0.717, 1.165) is 36.5 Å². The highest BCUT2D eigenvalue weighted by Gasteiger charge is 2.41. The molecule has 2 aliphatic rings. The minimum Gasteiger partial charge on any atom is -0.308 e. The number of hydrogen-bond acceptors (Lipinski definition) is 2. The highest BCUT2D eigenvalue weighted by atomic mass is 15.3. The van der Waals surface area contributed by atoms with E-state index < -0.39 is 0 Å². The summed E-state index contributed by atoms with van der Waals surface area (Å²) in [6.45, 7) is 8.55. The first-order valence-corrected chi connectivity index (χ1v) is 7.94. The average Bonchev–Trinajstić information content (AvgIpc) is 3.10. The molecule has 1 N–H and O–H groups in total. The van der Waals surface area contributed by atoms with Crippen LogP contribution in [-0.2, 0) is 13.1 Å². The summed E-state index contributed by atoms with van der Waals surface area (Å²) in [6.07, 6.45) is 5.94. The van der Waals surface area contributed by atoms with Crippen LogP contribution in [0, 0.1) is 24.7 Å². The summed E-state index contributed by atoms with van der Waals surface area (Å²) >= 11 is 0. The van der Waals surface area contributed by atoms with Gasteiger partial charge in [-0.05, 0) is 63.9 Å². The Morgan fingerprint density at radius 1 is 1.42 bits per heavy atom. The lowest BCUT2D eigenvalue weighted by molar-refractivity contribution is 0.258. The molecule has 3 rings (SSSR count). The topological polar surface area (TPSA) is 29.9 Å². The van der Waals surface area contributed by atoms with Gasteiger partial charge in [-0.2, -0.15) is 5.10 Å². The first-order valence-electron chi connectivity index (χ1n) is 7.94. The minimum atomic E-state index is 0.649. The first kappa shape index (κ1) is 13.2. The second kappa shape index (κ2) is 5.28. The van der Waals surface area contributed by atoms with E-state index in [9.17, 15) is 0 Å². The maximum Gasteiger partial charge on any atom is 0.0597 e. The maximum absolute atomic E-state index is 4.52. The Balaban J connectivity index is 1.57. The lowest BCUT2D eigenvalue weighted by atomic mass is 9.84. The molecular formula is C16H27N3. The normalized spacial score (nSPS) is 31.0. The number of rotatable bonds is 5. The number of fused-ring (bicyclic) bond motifs is 2. The third-order valence-corrected chi connectivity index (χ3v) is 5.33. The molecule has 3 heteroatoms. The molecule has 19 heavy (non-hydrogen) atoms. The van der Waals surface area contributed by atoms with Gasteiger partial charge in [0.1, 0.15) is 0 Å². The molecule has 2 bridgehead atoms. The van der Waals surface area contributed by atoms with Crippen molar-refractivity contribution in [2.75, 3.05) is 0 Å². The van der Waals surface area contributed by atoms with Crippen LogP contribution in [0.25, 0.3) is 0 Å². The van der Waals surface area contributed by atoms with Crippen LogP contribution in [0.2, 0.25) is 0 Å². The van der Waals surface area contributed by atoms with E-state index >= 15 is 0 Å². The van der Waals surface area contributed by atoms with Crippen LogP contribution < -0.4 is 5.32 Å². The molecule has 0 amide bonds. The molecule has 1 aromatic rings. The van der Waals surface area contributed by atoms with Gasteiger partial charge in [0, 0.05) is 19.1 Å². The van der Waals surface area contributed by atoms with Gasteiger partial charge in [0.2, 0.25) is 0 Å². The zero-order valence-corrected chi connectivity index (χ0v) is 12.5. The van der Waals surface area contributed by atoms with Gasteiger partial charge in [-0.15, -0.1) is 0 Å². The Morgan fingerprint density at radius 3 is 2.89 bits per heavy atom. The van der Waals surface area contributed by atoms with Gasteiger partial charge in [-0.25, -0.2) is 0 Å². The molecule has 4 unspecified atom stereocenters. The molecule has 2 saturated carbocycles. The summed E-state index contributed by atoms with van der Waals surface area (Å²) in [6, 6.07) is 2.86. The average molecular weight is 261 g/mol. The quantitative estimate of drug-likeness (QED) is 0.882. The lowest BCUT2D eigenvalue weighted by Gasteiger charge is -2.28. The Bertz CT molecular complexity index is 437. The Kier molecular flexibility index (Phi) is 3.66. The van der Waals surface area contributed by atoms with E-state index in [1.807, 2.05) is 0 Å². The summed E-state index contributed by atoms with van der Waals surface area (Å²) in [5.41, 5.74) is 2.46. The highest BCUT2D eigenvalue weighted by Crippen LogP contribution is 2.49. The van der Waals surface area contributed by atoms with Crippen LogP contribution in [0.1, 0.15) is 50.9 Å². The highest BCUT2D eigenvalue weighted by molar-refractivity contribution is 5.09. The van der Waals surface area contributed by atoms with Crippen LogP contribution in [0.5, 0.6) is 0 Å². The van der Waals surface area contributed by atoms with Crippen molar-refractivity contribution in [2.24, 2.45) is 17.8 Å². The molecule has 0 radical (unpaired) electrons. The molecule has 2 fully saturated rings. The van der Waals surface area contributed by atoms with Crippen LogP contribution in [0.3, 0.4) is 0 Å². The van der Waals surface area contributed by atoms with Gasteiger partial charge in [-0.3, -0.25) is 4.68 Å². The van der Waals surface area contributed by atoms with Gasteiger partial charge in [0.05, 0.1) is 11.4 Å². The second-order valence-corrected chi connectivity index (χ2v) is 6.60. The fourth-order valence-electron chi connectivity index (χ4n) is 4.34. The fourth-order valence-corrected chi connectivity index (χ4v) is 4.34. The monoisotopic (exact) mass is 261 g/mol. The van der Waals surface area contributed by atoms with Gasteiger partial charge >= 0.3 is 0 Å². The summed E-state index contributed by atoms with van der Waals surface area (Å²) in [4.78, 5) is 0. The Hall–Kier alpha value is -0.830. The molecular weight excluding hydrogens is 234 g/mol. The van der Waals surface area contributed by atoms with Crippen molar-refractivity contribution in [1.29, 1.82) is 0 Å². The summed E-state index contributed by atoms with van der Waals surface area (Å²) in [7, 11) is 0. The van der Waals surface area contributed by atoms with E-state index in [1.165, 1.54) is 31.4 Å². The van der Waals surface area contributed by atoms with Gasteiger partial charge < -0.3 is 5.32 Å². The molecule has 106 valence electrons. The zero-order valence-electron chi connectivity index (χ0n) is 12.5. The van der Waals surface area contributed by atoms with Crippen molar-refractivity contribution in [3.8, 4) is 0 Å². The number of aromatic nitrogens is 2. The Morgan fingerprint density at radius 2 is 2.26 bits per heavy atom. The Labute approximate surface area is 116 Å². The van der Waals surface area contributed by atoms with Crippen molar-refractivity contribution in [3.05, 3.63) is 17.5 Å². The van der Waals surface area contributed by atoms with E-state index in [4.69, 9.17) is 0 Å². The molecule has 1 aromatic heterocycles. The van der Waals surface area contributed by atoms with E-state index in [1.54, 1.807) is 0 Å². The number of nitrogens with one attached hydrogen (secondary N) is 1. The fraction of sp³-hybridized carbons (Fsp3) is 0.812. The molecule has 0 aromatic carbocycles. The second-order valence-electron chi connectivity index (χ2n) is 6.60. The van der Waals surface area contributed by atoms with Crippen molar-refractivity contribution in [2.45, 2.75) is 65.6 Å².